The van der Waals surface area contributed by atoms with Crippen LogP contribution in [0, 0.1) is 0 Å². The molecule has 4 heteroatoms. The highest BCUT2D eigenvalue weighted by Gasteiger charge is 2.10. The molecule has 0 saturated heterocycles. The Labute approximate surface area is 65.6 Å². The van der Waals surface area contributed by atoms with Gasteiger partial charge in [-0.2, -0.15) is 0 Å². The summed E-state index contributed by atoms with van der Waals surface area (Å²) in [5, 5.41) is 0. The van der Waals surface area contributed by atoms with Gasteiger partial charge in [0.2, 0.25) is 0 Å². The Kier molecular flexibility index (Phi) is 3.72. The van der Waals surface area contributed by atoms with Crippen LogP contribution in [-0.4, -0.2) is 8.42 Å². The fourth-order valence-corrected chi connectivity index (χ4v) is 1.54. The third-order valence-electron chi connectivity index (χ3n) is 0.969. The first-order valence-electron chi connectivity index (χ1n) is 2.86. The third kappa shape index (κ3) is 3.06. The summed E-state index contributed by atoms with van der Waals surface area (Å²) in [6.07, 6.45) is 1.14. The SMILES string of the molecule is C=C=C(CCC)S(=O)(=O)Cl. The first-order valence-corrected chi connectivity index (χ1v) is 5.17. The molecule has 0 fully saturated rings. The highest BCUT2D eigenvalue weighted by molar-refractivity contribution is 8.16. The topological polar surface area (TPSA) is 34.1 Å². The zero-order chi connectivity index (χ0) is 8.20. The van der Waals surface area contributed by atoms with Crippen LogP contribution >= 0.6 is 10.7 Å². The molecule has 0 spiro atoms. The summed E-state index contributed by atoms with van der Waals surface area (Å²) in [5.41, 5.74) is 2.29. The van der Waals surface area contributed by atoms with E-state index in [9.17, 15) is 8.42 Å². The average Bonchev–Trinajstić information content (AvgIpc) is 1.80. The lowest BCUT2D eigenvalue weighted by molar-refractivity contribution is 0.613. The number of rotatable bonds is 3. The minimum atomic E-state index is -3.56. The summed E-state index contributed by atoms with van der Waals surface area (Å²) in [6.45, 7) is 5.08. The zero-order valence-corrected chi connectivity index (χ0v) is 7.30. The van der Waals surface area contributed by atoms with Gasteiger partial charge in [0.15, 0.2) is 0 Å². The Morgan fingerprint density at radius 2 is 2.20 bits per heavy atom. The summed E-state index contributed by atoms with van der Waals surface area (Å²) >= 11 is 0. The van der Waals surface area contributed by atoms with E-state index >= 15 is 0 Å². The van der Waals surface area contributed by atoms with Crippen molar-refractivity contribution in [3.8, 4) is 0 Å². The third-order valence-corrected chi connectivity index (χ3v) is 2.46. The van der Waals surface area contributed by atoms with Gasteiger partial charge in [0, 0.05) is 10.7 Å². The molecule has 0 bridgehead atoms. The molecule has 10 heavy (non-hydrogen) atoms. The van der Waals surface area contributed by atoms with Crippen molar-refractivity contribution < 1.29 is 8.42 Å². The molecule has 58 valence electrons. The van der Waals surface area contributed by atoms with Gasteiger partial charge >= 0.3 is 0 Å². The summed E-state index contributed by atoms with van der Waals surface area (Å²) in [6, 6.07) is 0. The lowest BCUT2D eigenvalue weighted by Crippen LogP contribution is -1.92. The summed E-state index contributed by atoms with van der Waals surface area (Å²) in [5.74, 6) is 0. The molecule has 0 aromatic rings. The average molecular weight is 181 g/mol. The first-order chi connectivity index (χ1) is 4.52. The van der Waals surface area contributed by atoms with E-state index in [0.717, 1.165) is 6.42 Å². The van der Waals surface area contributed by atoms with Gasteiger partial charge in [0.05, 0.1) is 0 Å². The fraction of sp³-hybridized carbons (Fsp3) is 0.500. The van der Waals surface area contributed by atoms with Crippen molar-refractivity contribution in [3.05, 3.63) is 17.2 Å². The normalized spacial score (nSPS) is 10.6. The summed E-state index contributed by atoms with van der Waals surface area (Å²) < 4.78 is 21.2. The molecule has 0 aliphatic rings. The molecule has 0 saturated carbocycles. The Bertz CT molecular complexity index is 247. The highest BCUT2D eigenvalue weighted by atomic mass is 35.7. The Morgan fingerprint density at radius 1 is 1.70 bits per heavy atom. The molecule has 2 nitrogen and oxygen atoms in total. The Morgan fingerprint density at radius 3 is 2.30 bits per heavy atom. The van der Waals surface area contributed by atoms with Gasteiger partial charge in [-0.25, -0.2) is 8.42 Å². The molecule has 0 rings (SSSR count). The van der Waals surface area contributed by atoms with Gasteiger partial charge in [0.1, 0.15) is 4.91 Å². The van der Waals surface area contributed by atoms with Crippen LogP contribution in [0.1, 0.15) is 19.8 Å². The van der Waals surface area contributed by atoms with Crippen LogP contribution in [0.4, 0.5) is 0 Å². The van der Waals surface area contributed by atoms with Crippen molar-refractivity contribution in [2.24, 2.45) is 0 Å². The van der Waals surface area contributed by atoms with Crippen LogP contribution in [0.15, 0.2) is 17.2 Å². The smallest absolute Gasteiger partial charge is 0.207 e. The molecule has 0 aliphatic carbocycles. The van der Waals surface area contributed by atoms with Crippen molar-refractivity contribution in [1.82, 2.24) is 0 Å². The predicted molar refractivity (Wildman–Crippen MR) is 42.3 cm³/mol. The van der Waals surface area contributed by atoms with Crippen LogP contribution in [0.3, 0.4) is 0 Å². The molecule has 0 aliphatic heterocycles. The second kappa shape index (κ2) is 3.81. The molecular formula is C6H9ClO2S. The fourth-order valence-electron chi connectivity index (χ4n) is 0.524. The van der Waals surface area contributed by atoms with E-state index in [-0.39, 0.29) is 4.91 Å². The molecule has 0 aromatic heterocycles. The van der Waals surface area contributed by atoms with Gasteiger partial charge in [-0.1, -0.05) is 19.9 Å². The molecule has 0 N–H and O–H groups in total. The van der Waals surface area contributed by atoms with Gasteiger partial charge in [-0.15, -0.1) is 5.73 Å². The van der Waals surface area contributed by atoms with Gasteiger partial charge < -0.3 is 0 Å². The molecule has 0 amide bonds. The number of halogens is 1. The van der Waals surface area contributed by atoms with Crippen molar-refractivity contribution in [2.75, 3.05) is 0 Å². The van der Waals surface area contributed by atoms with Crippen LogP contribution < -0.4 is 0 Å². The van der Waals surface area contributed by atoms with Crippen LogP contribution in [0.5, 0.6) is 0 Å². The number of hydrogen-bond acceptors (Lipinski definition) is 2. The van der Waals surface area contributed by atoms with E-state index in [1.165, 1.54) is 0 Å². The van der Waals surface area contributed by atoms with Crippen molar-refractivity contribution in [2.45, 2.75) is 19.8 Å². The Balaban J connectivity index is 4.58. The first kappa shape index (κ1) is 9.76. The van der Waals surface area contributed by atoms with Crippen molar-refractivity contribution >= 4 is 19.7 Å². The second-order valence-electron chi connectivity index (χ2n) is 1.79. The van der Waals surface area contributed by atoms with E-state index in [2.05, 4.69) is 12.3 Å². The maximum absolute atomic E-state index is 10.6. The minimum Gasteiger partial charge on any atom is -0.207 e. The van der Waals surface area contributed by atoms with Gasteiger partial charge in [0.25, 0.3) is 9.05 Å². The lowest BCUT2D eigenvalue weighted by Gasteiger charge is -1.94. The minimum absolute atomic E-state index is 0.0802. The zero-order valence-electron chi connectivity index (χ0n) is 5.72. The molecule has 0 heterocycles. The predicted octanol–water partition coefficient (Wildman–Crippen LogP) is 2.02. The van der Waals surface area contributed by atoms with Gasteiger partial charge in [-0.3, -0.25) is 0 Å². The monoisotopic (exact) mass is 180 g/mol. The van der Waals surface area contributed by atoms with E-state index in [0.29, 0.717) is 6.42 Å². The van der Waals surface area contributed by atoms with Crippen molar-refractivity contribution in [3.63, 3.8) is 0 Å². The van der Waals surface area contributed by atoms with E-state index in [4.69, 9.17) is 10.7 Å². The highest BCUT2D eigenvalue weighted by Crippen LogP contribution is 2.15. The van der Waals surface area contributed by atoms with E-state index in [1.54, 1.807) is 0 Å². The molecular weight excluding hydrogens is 172 g/mol. The Hall–Kier alpha value is -0.240. The summed E-state index contributed by atoms with van der Waals surface area (Å²) in [7, 11) is 1.45. The quantitative estimate of drug-likeness (QED) is 0.492. The van der Waals surface area contributed by atoms with Crippen molar-refractivity contribution in [1.29, 1.82) is 0 Å². The standard InChI is InChI=1S/C6H9ClO2S/c1-3-5-6(4-2)10(7,8)9/h2-3,5H2,1H3. The molecule has 0 atom stereocenters. The largest absolute Gasteiger partial charge is 0.264 e. The van der Waals surface area contributed by atoms with E-state index < -0.39 is 9.05 Å². The van der Waals surface area contributed by atoms with Crippen LogP contribution in [0.25, 0.3) is 0 Å². The van der Waals surface area contributed by atoms with E-state index in [1.807, 2.05) is 6.92 Å². The lowest BCUT2D eigenvalue weighted by atomic mass is 10.3. The van der Waals surface area contributed by atoms with Crippen LogP contribution in [0.2, 0.25) is 0 Å². The summed E-state index contributed by atoms with van der Waals surface area (Å²) in [4.78, 5) is 0.0802. The maximum atomic E-state index is 10.6. The number of hydrogen-bond donors (Lipinski definition) is 0. The van der Waals surface area contributed by atoms with Crippen LogP contribution in [-0.2, 0) is 9.05 Å². The number of allylic oxidation sites excluding steroid dienone is 1. The molecule has 0 aromatic carbocycles. The molecule has 0 unspecified atom stereocenters. The molecule has 0 radical (unpaired) electrons. The second-order valence-corrected chi connectivity index (χ2v) is 4.38. The maximum Gasteiger partial charge on any atom is 0.264 e. The van der Waals surface area contributed by atoms with Gasteiger partial charge in [-0.05, 0) is 6.42 Å².